The molecule has 1 rings (SSSR count). The van der Waals surface area contributed by atoms with Gasteiger partial charge in [0.15, 0.2) is 0 Å². The van der Waals surface area contributed by atoms with Crippen molar-refractivity contribution in [1.29, 1.82) is 0 Å². The summed E-state index contributed by atoms with van der Waals surface area (Å²) in [4.78, 5) is 0. The first-order chi connectivity index (χ1) is 8.59. The summed E-state index contributed by atoms with van der Waals surface area (Å²) in [7, 11) is 0. The Labute approximate surface area is 114 Å². The zero-order chi connectivity index (χ0) is 13.4. The Morgan fingerprint density at radius 1 is 1.11 bits per heavy atom. The van der Waals surface area contributed by atoms with E-state index in [1.165, 1.54) is 32.1 Å². The van der Waals surface area contributed by atoms with Crippen LogP contribution in [-0.2, 0) is 4.74 Å². The van der Waals surface area contributed by atoms with E-state index in [1.54, 1.807) is 0 Å². The van der Waals surface area contributed by atoms with Crippen molar-refractivity contribution in [3.63, 3.8) is 0 Å². The second-order valence-corrected chi connectivity index (χ2v) is 6.57. The third-order valence-corrected chi connectivity index (χ3v) is 4.20. The molecule has 0 spiro atoms. The molecule has 0 aromatic rings. The molecule has 0 radical (unpaired) electrons. The first-order valence-corrected chi connectivity index (χ1v) is 7.92. The quantitative estimate of drug-likeness (QED) is 0.665. The Morgan fingerprint density at radius 2 is 1.89 bits per heavy atom. The molecule has 0 bridgehead atoms. The van der Waals surface area contributed by atoms with Gasteiger partial charge < -0.3 is 10.1 Å². The predicted molar refractivity (Wildman–Crippen MR) is 78.9 cm³/mol. The molecule has 1 fully saturated rings. The van der Waals surface area contributed by atoms with Gasteiger partial charge in [-0.25, -0.2) is 0 Å². The van der Waals surface area contributed by atoms with Crippen LogP contribution in [0.4, 0.5) is 0 Å². The van der Waals surface area contributed by atoms with Gasteiger partial charge >= 0.3 is 0 Å². The smallest absolute Gasteiger partial charge is 0.0577 e. The maximum atomic E-state index is 6.00. The van der Waals surface area contributed by atoms with Crippen LogP contribution in [0, 0.1) is 17.8 Å². The standard InChI is InChI=1S/C16H33NO/c1-13(2)12-17-9-5-6-10-18-16-8-7-14(3)15(4)11-16/h13-17H,5-12H2,1-4H3. The number of nitrogens with one attached hydrogen (secondary N) is 1. The fourth-order valence-electron chi connectivity index (χ4n) is 2.64. The van der Waals surface area contributed by atoms with E-state index in [9.17, 15) is 0 Å². The fourth-order valence-corrected chi connectivity index (χ4v) is 2.64. The Hall–Kier alpha value is -0.0800. The molecule has 18 heavy (non-hydrogen) atoms. The van der Waals surface area contributed by atoms with Crippen molar-refractivity contribution < 1.29 is 4.74 Å². The SMILES string of the molecule is CC(C)CNCCCCOC1CCC(C)C(C)C1. The average molecular weight is 255 g/mol. The van der Waals surface area contributed by atoms with Crippen LogP contribution in [0.1, 0.15) is 59.8 Å². The minimum Gasteiger partial charge on any atom is -0.378 e. The highest BCUT2D eigenvalue weighted by atomic mass is 16.5. The summed E-state index contributed by atoms with van der Waals surface area (Å²) in [5, 5.41) is 3.48. The summed E-state index contributed by atoms with van der Waals surface area (Å²) in [6, 6.07) is 0. The van der Waals surface area contributed by atoms with Crippen LogP contribution < -0.4 is 5.32 Å². The highest BCUT2D eigenvalue weighted by Gasteiger charge is 2.24. The Kier molecular flexibility index (Phi) is 7.92. The molecule has 1 aliphatic rings. The molecule has 2 nitrogen and oxygen atoms in total. The van der Waals surface area contributed by atoms with Crippen LogP contribution >= 0.6 is 0 Å². The molecule has 0 aromatic heterocycles. The highest BCUT2D eigenvalue weighted by Crippen LogP contribution is 2.30. The third kappa shape index (κ3) is 6.75. The van der Waals surface area contributed by atoms with Crippen molar-refractivity contribution in [2.75, 3.05) is 19.7 Å². The first kappa shape index (κ1) is 16.0. The number of rotatable bonds is 8. The molecule has 108 valence electrons. The summed E-state index contributed by atoms with van der Waals surface area (Å²) in [6.07, 6.45) is 6.88. The van der Waals surface area contributed by atoms with Crippen molar-refractivity contribution in [2.24, 2.45) is 17.8 Å². The van der Waals surface area contributed by atoms with E-state index in [0.29, 0.717) is 6.10 Å². The van der Waals surface area contributed by atoms with Crippen molar-refractivity contribution >= 4 is 0 Å². The lowest BCUT2D eigenvalue weighted by molar-refractivity contribution is 0.00119. The van der Waals surface area contributed by atoms with E-state index in [0.717, 1.165) is 37.5 Å². The summed E-state index contributed by atoms with van der Waals surface area (Å²) < 4.78 is 6.00. The number of unbranched alkanes of at least 4 members (excludes halogenated alkanes) is 1. The van der Waals surface area contributed by atoms with Crippen molar-refractivity contribution in [1.82, 2.24) is 5.32 Å². The minimum absolute atomic E-state index is 0.542. The van der Waals surface area contributed by atoms with Crippen LogP contribution in [0.3, 0.4) is 0 Å². The molecule has 0 saturated heterocycles. The van der Waals surface area contributed by atoms with E-state index in [2.05, 4.69) is 33.0 Å². The van der Waals surface area contributed by atoms with Crippen LogP contribution in [0.2, 0.25) is 0 Å². The second-order valence-electron chi connectivity index (χ2n) is 6.57. The lowest BCUT2D eigenvalue weighted by atomic mass is 9.80. The monoisotopic (exact) mass is 255 g/mol. The van der Waals surface area contributed by atoms with E-state index in [4.69, 9.17) is 4.74 Å². The van der Waals surface area contributed by atoms with Gasteiger partial charge in [0.2, 0.25) is 0 Å². The lowest BCUT2D eigenvalue weighted by Crippen LogP contribution is -2.27. The number of hydrogen-bond donors (Lipinski definition) is 1. The topological polar surface area (TPSA) is 21.3 Å². The molecule has 1 saturated carbocycles. The molecule has 2 heteroatoms. The maximum absolute atomic E-state index is 6.00. The van der Waals surface area contributed by atoms with E-state index in [1.807, 2.05) is 0 Å². The molecule has 0 aromatic carbocycles. The van der Waals surface area contributed by atoms with Gasteiger partial charge in [-0.2, -0.15) is 0 Å². The van der Waals surface area contributed by atoms with Gasteiger partial charge in [-0.05, 0) is 62.9 Å². The molecule has 0 aliphatic heterocycles. The van der Waals surface area contributed by atoms with Gasteiger partial charge in [0.05, 0.1) is 6.10 Å². The number of ether oxygens (including phenoxy) is 1. The van der Waals surface area contributed by atoms with Crippen molar-refractivity contribution in [3.8, 4) is 0 Å². The molecule has 3 atom stereocenters. The summed E-state index contributed by atoms with van der Waals surface area (Å²) >= 11 is 0. The largest absolute Gasteiger partial charge is 0.378 e. The van der Waals surface area contributed by atoms with Gasteiger partial charge in [-0.1, -0.05) is 27.7 Å². The Morgan fingerprint density at radius 3 is 2.56 bits per heavy atom. The third-order valence-electron chi connectivity index (χ3n) is 4.20. The van der Waals surface area contributed by atoms with Gasteiger partial charge in [-0.3, -0.25) is 0 Å². The normalized spacial score (nSPS) is 28.8. The fraction of sp³-hybridized carbons (Fsp3) is 1.00. The van der Waals surface area contributed by atoms with Crippen molar-refractivity contribution in [3.05, 3.63) is 0 Å². The van der Waals surface area contributed by atoms with Crippen LogP contribution in [-0.4, -0.2) is 25.8 Å². The van der Waals surface area contributed by atoms with E-state index in [-0.39, 0.29) is 0 Å². The van der Waals surface area contributed by atoms with E-state index < -0.39 is 0 Å². The van der Waals surface area contributed by atoms with Crippen LogP contribution in [0.5, 0.6) is 0 Å². The predicted octanol–water partition coefficient (Wildman–Crippen LogP) is 3.85. The molecule has 0 amide bonds. The second kappa shape index (κ2) is 8.92. The Balaban J connectivity index is 1.92. The zero-order valence-corrected chi connectivity index (χ0v) is 12.9. The molecule has 0 heterocycles. The molecule has 1 aliphatic carbocycles. The maximum Gasteiger partial charge on any atom is 0.0577 e. The average Bonchev–Trinajstić information content (AvgIpc) is 2.32. The lowest BCUT2D eigenvalue weighted by Gasteiger charge is -2.32. The minimum atomic E-state index is 0.542. The molecule has 3 unspecified atom stereocenters. The molecular weight excluding hydrogens is 222 g/mol. The Bertz CT molecular complexity index is 205. The van der Waals surface area contributed by atoms with Gasteiger partial charge in [0.1, 0.15) is 0 Å². The molecule has 1 N–H and O–H groups in total. The first-order valence-electron chi connectivity index (χ1n) is 7.92. The van der Waals surface area contributed by atoms with Gasteiger partial charge in [0, 0.05) is 6.61 Å². The zero-order valence-electron chi connectivity index (χ0n) is 12.9. The number of hydrogen-bond acceptors (Lipinski definition) is 2. The summed E-state index contributed by atoms with van der Waals surface area (Å²) in [5.74, 6) is 2.49. The van der Waals surface area contributed by atoms with E-state index >= 15 is 0 Å². The van der Waals surface area contributed by atoms with Gasteiger partial charge in [-0.15, -0.1) is 0 Å². The summed E-state index contributed by atoms with van der Waals surface area (Å²) in [6.45, 7) is 12.5. The highest BCUT2D eigenvalue weighted by molar-refractivity contribution is 4.75. The summed E-state index contributed by atoms with van der Waals surface area (Å²) in [5.41, 5.74) is 0. The van der Waals surface area contributed by atoms with Gasteiger partial charge in [0.25, 0.3) is 0 Å². The van der Waals surface area contributed by atoms with Crippen molar-refractivity contribution in [2.45, 2.75) is 65.9 Å². The molecular formula is C16H33NO. The van der Waals surface area contributed by atoms with Crippen LogP contribution in [0.15, 0.2) is 0 Å². The van der Waals surface area contributed by atoms with Crippen LogP contribution in [0.25, 0.3) is 0 Å².